The largest absolute Gasteiger partial charge is 0.220 e. The van der Waals surface area contributed by atoms with E-state index in [0.717, 1.165) is 0 Å². The van der Waals surface area contributed by atoms with Crippen LogP contribution in [0.1, 0.15) is 0 Å². The van der Waals surface area contributed by atoms with Crippen molar-refractivity contribution in [3.8, 4) is 22.5 Å². The molecule has 34 heavy (non-hydrogen) atoms. The van der Waals surface area contributed by atoms with Crippen molar-refractivity contribution in [2.75, 3.05) is 0 Å². The van der Waals surface area contributed by atoms with Gasteiger partial charge in [0, 0.05) is 23.8 Å². The van der Waals surface area contributed by atoms with Gasteiger partial charge in [-0.15, -0.1) is 0 Å². The molecule has 0 saturated heterocycles. The van der Waals surface area contributed by atoms with Crippen molar-refractivity contribution in [1.82, 2.24) is 0 Å². The Morgan fingerprint density at radius 3 is 1.62 bits per heavy atom. The Labute approximate surface area is 198 Å². The van der Waals surface area contributed by atoms with E-state index in [4.69, 9.17) is 0 Å². The van der Waals surface area contributed by atoms with E-state index in [1.54, 1.807) is 0 Å². The molecule has 0 aliphatic rings. The van der Waals surface area contributed by atoms with Gasteiger partial charge in [0.2, 0.25) is 16.9 Å². The predicted molar refractivity (Wildman–Crippen MR) is 143 cm³/mol. The van der Waals surface area contributed by atoms with Crippen molar-refractivity contribution in [1.29, 1.82) is 0 Å². The predicted octanol–water partition coefficient (Wildman–Crippen LogP) is 8.22. The highest BCUT2D eigenvalue weighted by Crippen LogP contribution is 2.36. The summed E-state index contributed by atoms with van der Waals surface area (Å²) in [5.74, 6) is 0. The van der Waals surface area contributed by atoms with Crippen LogP contribution < -0.4 is 4.40 Å². The van der Waals surface area contributed by atoms with Gasteiger partial charge in [0.05, 0.1) is 10.9 Å². The van der Waals surface area contributed by atoms with Gasteiger partial charge in [0.1, 0.15) is 0 Å². The average molecular weight is 433 g/mol. The van der Waals surface area contributed by atoms with Crippen LogP contribution in [0.15, 0.2) is 133 Å². The lowest BCUT2D eigenvalue weighted by atomic mass is 9.93. The van der Waals surface area contributed by atoms with Crippen molar-refractivity contribution in [2.24, 2.45) is 0 Å². The molecule has 2 aromatic heterocycles. The molecule has 0 spiro atoms. The number of hydrogen-bond donors (Lipinski definition) is 0. The molecule has 7 rings (SSSR count). The molecule has 0 bridgehead atoms. The van der Waals surface area contributed by atoms with Crippen LogP contribution in [0.4, 0.5) is 0 Å². The molecule has 0 atom stereocenters. The maximum absolute atomic E-state index is 2.45. The number of pyridine rings is 2. The van der Waals surface area contributed by atoms with Crippen molar-refractivity contribution in [2.45, 2.75) is 0 Å². The summed E-state index contributed by atoms with van der Waals surface area (Å²) >= 11 is 0. The molecule has 0 aliphatic heterocycles. The van der Waals surface area contributed by atoms with Gasteiger partial charge in [-0.2, -0.15) is 4.40 Å². The van der Waals surface area contributed by atoms with Crippen molar-refractivity contribution in [3.05, 3.63) is 133 Å². The normalized spacial score (nSPS) is 11.5. The summed E-state index contributed by atoms with van der Waals surface area (Å²) in [6, 6.07) is 48.2. The highest BCUT2D eigenvalue weighted by atomic mass is 14.9. The van der Waals surface area contributed by atoms with Crippen molar-refractivity contribution < 1.29 is 4.40 Å². The Bertz CT molecular complexity index is 1790. The second-order valence-corrected chi connectivity index (χ2v) is 8.81. The smallest absolute Gasteiger partial charge is 0.152 e. The maximum Gasteiger partial charge on any atom is 0.220 e. The van der Waals surface area contributed by atoms with Gasteiger partial charge in [0.25, 0.3) is 0 Å². The third kappa shape index (κ3) is 2.84. The van der Waals surface area contributed by atoms with E-state index in [9.17, 15) is 0 Å². The third-order valence-corrected chi connectivity index (χ3v) is 6.86. The minimum absolute atomic E-state index is 1.20. The van der Waals surface area contributed by atoms with Crippen LogP contribution >= 0.6 is 0 Å². The number of aromatic nitrogens is 1. The van der Waals surface area contributed by atoms with E-state index in [0.29, 0.717) is 0 Å². The summed E-state index contributed by atoms with van der Waals surface area (Å²) in [6.45, 7) is 0. The molecule has 158 valence electrons. The van der Waals surface area contributed by atoms with E-state index in [1.807, 2.05) is 0 Å². The van der Waals surface area contributed by atoms with Gasteiger partial charge in [-0.1, -0.05) is 84.9 Å². The summed E-state index contributed by atoms with van der Waals surface area (Å²) in [5, 5.41) is 7.57. The van der Waals surface area contributed by atoms with Crippen LogP contribution in [0.5, 0.6) is 0 Å². The Balaban J connectivity index is 1.73. The Morgan fingerprint density at radius 1 is 0.382 bits per heavy atom. The van der Waals surface area contributed by atoms with E-state index < -0.39 is 0 Å². The van der Waals surface area contributed by atoms with Crippen LogP contribution in [-0.2, 0) is 0 Å². The molecule has 0 saturated carbocycles. The molecule has 0 amide bonds. The summed E-state index contributed by atoms with van der Waals surface area (Å²) in [6.07, 6.45) is 0. The molecule has 0 fully saturated rings. The Morgan fingerprint density at radius 2 is 0.941 bits per heavy atom. The minimum Gasteiger partial charge on any atom is -0.152 e. The fourth-order valence-corrected chi connectivity index (χ4v) is 5.35. The summed E-state index contributed by atoms with van der Waals surface area (Å²) in [4.78, 5) is 0. The first kappa shape index (κ1) is 19.0. The van der Waals surface area contributed by atoms with Crippen LogP contribution in [0.25, 0.3) is 60.3 Å². The van der Waals surface area contributed by atoms with Gasteiger partial charge in [0.15, 0.2) is 0 Å². The second-order valence-electron chi connectivity index (χ2n) is 8.81. The SMILES string of the molecule is c1ccc(-c2cc3ccccc3c3cccc(-c4c5ccccc5cc5ccccc45)[n+]23)cc1. The highest BCUT2D eigenvalue weighted by molar-refractivity contribution is 6.12. The lowest BCUT2D eigenvalue weighted by molar-refractivity contribution is -0.485. The molecular weight excluding hydrogens is 410 g/mol. The number of benzene rings is 5. The Hall–Kier alpha value is -4.49. The van der Waals surface area contributed by atoms with Crippen molar-refractivity contribution >= 4 is 37.8 Å². The van der Waals surface area contributed by atoms with Crippen LogP contribution in [-0.4, -0.2) is 0 Å². The fraction of sp³-hybridized carbons (Fsp3) is 0. The molecule has 1 heteroatoms. The zero-order valence-electron chi connectivity index (χ0n) is 18.6. The van der Waals surface area contributed by atoms with E-state index in [2.05, 4.69) is 138 Å². The third-order valence-electron chi connectivity index (χ3n) is 6.86. The van der Waals surface area contributed by atoms with E-state index in [-0.39, 0.29) is 0 Å². The standard InChI is InChI=1S/C33H22N/c1-2-11-23(12-3-1)32-22-26-15-4-7-16-27(26)30-19-10-20-31(34(30)32)33-28-17-8-5-13-24(28)21-25-14-6-9-18-29(25)33/h1-22H/q+1. The van der Waals surface area contributed by atoms with Crippen LogP contribution in [0.3, 0.4) is 0 Å². The van der Waals surface area contributed by atoms with E-state index >= 15 is 0 Å². The fourth-order valence-electron chi connectivity index (χ4n) is 5.35. The molecule has 0 unspecified atom stereocenters. The van der Waals surface area contributed by atoms with Crippen LogP contribution in [0.2, 0.25) is 0 Å². The molecule has 2 heterocycles. The number of fused-ring (bicyclic) bond motifs is 5. The zero-order chi connectivity index (χ0) is 22.5. The number of nitrogens with zero attached hydrogens (tertiary/aromatic N) is 1. The molecule has 5 aromatic carbocycles. The second kappa shape index (κ2) is 7.54. The Kier molecular flexibility index (Phi) is 4.22. The summed E-state index contributed by atoms with van der Waals surface area (Å²) in [5.41, 5.74) is 6.10. The zero-order valence-corrected chi connectivity index (χ0v) is 18.6. The average Bonchev–Trinajstić information content (AvgIpc) is 2.91. The van der Waals surface area contributed by atoms with Gasteiger partial charge < -0.3 is 0 Å². The molecule has 1 nitrogen and oxygen atoms in total. The highest BCUT2D eigenvalue weighted by Gasteiger charge is 2.24. The summed E-state index contributed by atoms with van der Waals surface area (Å²) < 4.78 is 2.45. The first-order valence-electron chi connectivity index (χ1n) is 11.7. The quantitative estimate of drug-likeness (QED) is 0.147. The molecular formula is C33H22N+. The lowest BCUT2D eigenvalue weighted by Crippen LogP contribution is -2.28. The first-order chi connectivity index (χ1) is 16.9. The monoisotopic (exact) mass is 432 g/mol. The minimum atomic E-state index is 1.20. The molecule has 0 aliphatic carbocycles. The number of rotatable bonds is 2. The van der Waals surface area contributed by atoms with Crippen LogP contribution in [0, 0.1) is 0 Å². The molecule has 7 aromatic rings. The lowest BCUT2D eigenvalue weighted by Gasteiger charge is -2.12. The first-order valence-corrected chi connectivity index (χ1v) is 11.7. The maximum atomic E-state index is 2.45. The van der Waals surface area contributed by atoms with Gasteiger partial charge in [-0.3, -0.25) is 0 Å². The van der Waals surface area contributed by atoms with Crippen molar-refractivity contribution in [3.63, 3.8) is 0 Å². The molecule has 0 radical (unpaired) electrons. The van der Waals surface area contributed by atoms with Gasteiger partial charge in [-0.05, 0) is 57.3 Å². The number of hydrogen-bond acceptors (Lipinski definition) is 0. The topological polar surface area (TPSA) is 4.10 Å². The van der Waals surface area contributed by atoms with Gasteiger partial charge >= 0.3 is 0 Å². The van der Waals surface area contributed by atoms with Gasteiger partial charge in [-0.25, -0.2) is 0 Å². The summed E-state index contributed by atoms with van der Waals surface area (Å²) in [7, 11) is 0. The van der Waals surface area contributed by atoms with E-state index in [1.165, 1.54) is 60.3 Å². The molecule has 0 N–H and O–H groups in total.